The molecule has 0 aromatic heterocycles. The molecule has 28 heavy (non-hydrogen) atoms. The number of likely N-dealkylation sites (N-methyl/N-ethyl adjacent to an activating group) is 1. The predicted octanol–water partition coefficient (Wildman–Crippen LogP) is 2.86. The number of rotatable bonds is 6. The minimum Gasteiger partial charge on any atom is -0.495 e. The number of piperazine rings is 1. The van der Waals surface area contributed by atoms with Crippen molar-refractivity contribution >= 4 is 15.7 Å². The van der Waals surface area contributed by atoms with Crippen LogP contribution in [0.1, 0.15) is 16.7 Å². The molecule has 1 fully saturated rings. The second kappa shape index (κ2) is 8.51. The van der Waals surface area contributed by atoms with Gasteiger partial charge in [0.1, 0.15) is 10.6 Å². The van der Waals surface area contributed by atoms with Gasteiger partial charge in [0.2, 0.25) is 0 Å². The predicted molar refractivity (Wildman–Crippen MR) is 112 cm³/mol. The number of hydrogen-bond acceptors (Lipinski definition) is 5. The molecule has 1 N–H and O–H groups in total. The first kappa shape index (κ1) is 20.6. The highest BCUT2D eigenvalue weighted by molar-refractivity contribution is 7.92. The number of methoxy groups -OCH3 is 1. The minimum atomic E-state index is -3.73. The van der Waals surface area contributed by atoms with Crippen LogP contribution in [-0.4, -0.2) is 58.6 Å². The smallest absolute Gasteiger partial charge is 0.265 e. The highest BCUT2D eigenvalue weighted by Crippen LogP contribution is 2.29. The van der Waals surface area contributed by atoms with Crippen molar-refractivity contribution in [3.05, 3.63) is 53.1 Å². The zero-order valence-electron chi connectivity index (χ0n) is 17.0. The molecular weight excluding hydrogens is 374 g/mol. The summed E-state index contributed by atoms with van der Waals surface area (Å²) in [6.45, 7) is 8.97. The van der Waals surface area contributed by atoms with E-state index in [2.05, 4.69) is 21.6 Å². The van der Waals surface area contributed by atoms with Crippen molar-refractivity contribution in [1.82, 2.24) is 9.80 Å². The van der Waals surface area contributed by atoms with E-state index in [-0.39, 0.29) is 4.90 Å². The average molecular weight is 404 g/mol. The van der Waals surface area contributed by atoms with Crippen LogP contribution in [0.5, 0.6) is 5.75 Å². The summed E-state index contributed by atoms with van der Waals surface area (Å²) in [6.07, 6.45) is 0. The van der Waals surface area contributed by atoms with Crippen molar-refractivity contribution in [2.75, 3.05) is 45.1 Å². The molecule has 1 heterocycles. The van der Waals surface area contributed by atoms with Gasteiger partial charge in [0.25, 0.3) is 10.0 Å². The molecule has 2 aromatic carbocycles. The molecule has 0 unspecified atom stereocenters. The molecule has 0 saturated carbocycles. The first-order valence-electron chi connectivity index (χ1n) is 9.46. The summed E-state index contributed by atoms with van der Waals surface area (Å²) in [4.78, 5) is 4.90. The van der Waals surface area contributed by atoms with Gasteiger partial charge in [0.15, 0.2) is 0 Å². The Bertz CT molecular complexity index is 919. The second-order valence-electron chi connectivity index (χ2n) is 7.47. The summed E-state index contributed by atoms with van der Waals surface area (Å²) in [5.74, 6) is 0.349. The van der Waals surface area contributed by atoms with Crippen molar-refractivity contribution in [3.63, 3.8) is 0 Å². The fourth-order valence-electron chi connectivity index (χ4n) is 3.29. The molecule has 6 nitrogen and oxygen atoms in total. The molecule has 2 aromatic rings. The van der Waals surface area contributed by atoms with Gasteiger partial charge in [-0.15, -0.1) is 0 Å². The summed E-state index contributed by atoms with van der Waals surface area (Å²) < 4.78 is 33.7. The van der Waals surface area contributed by atoms with Crippen LogP contribution in [0.25, 0.3) is 0 Å². The Labute approximate surface area is 168 Å². The highest BCUT2D eigenvalue weighted by atomic mass is 32.2. The maximum absolute atomic E-state index is 12.9. The van der Waals surface area contributed by atoms with Crippen LogP contribution in [0, 0.1) is 13.8 Å². The highest BCUT2D eigenvalue weighted by Gasteiger charge is 2.21. The van der Waals surface area contributed by atoms with E-state index in [1.54, 1.807) is 12.1 Å². The second-order valence-corrected chi connectivity index (χ2v) is 9.12. The number of nitrogens with one attached hydrogen (secondary N) is 1. The summed E-state index contributed by atoms with van der Waals surface area (Å²) >= 11 is 0. The molecule has 0 atom stereocenters. The average Bonchev–Trinajstić information content (AvgIpc) is 2.66. The molecule has 0 amide bonds. The number of benzene rings is 2. The first-order chi connectivity index (χ1) is 13.3. The molecule has 3 rings (SSSR count). The van der Waals surface area contributed by atoms with Crippen molar-refractivity contribution in [2.45, 2.75) is 25.3 Å². The van der Waals surface area contributed by atoms with Crippen LogP contribution in [-0.2, 0) is 16.6 Å². The third kappa shape index (κ3) is 4.84. The van der Waals surface area contributed by atoms with Gasteiger partial charge >= 0.3 is 0 Å². The maximum Gasteiger partial charge on any atom is 0.265 e. The largest absolute Gasteiger partial charge is 0.495 e. The Kier molecular flexibility index (Phi) is 6.27. The number of anilines is 1. The van der Waals surface area contributed by atoms with E-state index >= 15 is 0 Å². The van der Waals surface area contributed by atoms with Gasteiger partial charge in [-0.3, -0.25) is 9.62 Å². The lowest BCUT2D eigenvalue weighted by Crippen LogP contribution is -2.43. The molecular formula is C21H29N3O3S. The van der Waals surface area contributed by atoms with E-state index in [0.717, 1.165) is 43.9 Å². The third-order valence-corrected chi connectivity index (χ3v) is 6.68. The molecule has 152 valence electrons. The number of nitrogens with zero attached hydrogens (tertiary/aromatic N) is 2. The summed E-state index contributed by atoms with van der Waals surface area (Å²) in [5.41, 5.74) is 3.62. The van der Waals surface area contributed by atoms with Gasteiger partial charge in [-0.1, -0.05) is 12.1 Å². The Balaban J connectivity index is 1.72. The van der Waals surface area contributed by atoms with E-state index in [4.69, 9.17) is 4.74 Å². The van der Waals surface area contributed by atoms with Gasteiger partial charge in [-0.2, -0.15) is 0 Å². The lowest BCUT2D eigenvalue weighted by atomic mass is 10.1. The fraction of sp³-hybridized carbons (Fsp3) is 0.429. The number of sulfonamides is 1. The Morgan fingerprint density at radius 3 is 2.21 bits per heavy atom. The Morgan fingerprint density at radius 2 is 1.61 bits per heavy atom. The zero-order chi connectivity index (χ0) is 20.3. The Morgan fingerprint density at radius 1 is 1.00 bits per heavy atom. The van der Waals surface area contributed by atoms with Crippen molar-refractivity contribution in [2.24, 2.45) is 0 Å². The summed E-state index contributed by atoms with van der Waals surface area (Å²) in [5, 5.41) is 0. The SMILES string of the molecule is COc1cc(C)c(C)cc1S(=O)(=O)Nc1ccc(CN2CCN(C)CC2)cc1. The lowest BCUT2D eigenvalue weighted by Gasteiger charge is -2.32. The van der Waals surface area contributed by atoms with Gasteiger partial charge < -0.3 is 9.64 Å². The molecule has 1 saturated heterocycles. The minimum absolute atomic E-state index is 0.152. The van der Waals surface area contributed by atoms with Gasteiger partial charge in [-0.05, 0) is 61.9 Å². The van der Waals surface area contributed by atoms with Crippen LogP contribution in [0.2, 0.25) is 0 Å². The normalized spacial score (nSPS) is 16.1. The van der Waals surface area contributed by atoms with Crippen molar-refractivity contribution < 1.29 is 13.2 Å². The number of aryl methyl sites for hydroxylation is 2. The summed E-state index contributed by atoms with van der Waals surface area (Å²) in [6, 6.07) is 11.0. The standard InChI is InChI=1S/C21H29N3O3S/c1-16-13-20(27-4)21(14-17(16)2)28(25,26)22-19-7-5-18(6-8-19)15-24-11-9-23(3)10-12-24/h5-8,13-14,22H,9-12,15H2,1-4H3. The number of hydrogen-bond donors (Lipinski definition) is 1. The molecule has 1 aliphatic rings. The molecule has 0 bridgehead atoms. The Hall–Kier alpha value is -2.09. The molecule has 0 aliphatic carbocycles. The number of ether oxygens (including phenoxy) is 1. The van der Waals surface area contributed by atoms with Crippen LogP contribution >= 0.6 is 0 Å². The van der Waals surface area contributed by atoms with Gasteiger partial charge in [-0.25, -0.2) is 8.42 Å². The van der Waals surface area contributed by atoms with E-state index in [0.29, 0.717) is 11.4 Å². The van der Waals surface area contributed by atoms with Crippen molar-refractivity contribution in [3.8, 4) is 5.75 Å². The molecule has 0 radical (unpaired) electrons. The quantitative estimate of drug-likeness (QED) is 0.804. The van der Waals surface area contributed by atoms with E-state index in [9.17, 15) is 8.42 Å². The molecule has 0 spiro atoms. The van der Waals surface area contributed by atoms with Crippen molar-refractivity contribution in [1.29, 1.82) is 0 Å². The van der Waals surface area contributed by atoms with Crippen LogP contribution in [0.3, 0.4) is 0 Å². The van der Waals surface area contributed by atoms with Gasteiger partial charge in [0, 0.05) is 38.4 Å². The van der Waals surface area contributed by atoms with Crippen LogP contribution in [0.4, 0.5) is 5.69 Å². The lowest BCUT2D eigenvalue weighted by molar-refractivity contribution is 0.148. The van der Waals surface area contributed by atoms with Gasteiger partial charge in [0.05, 0.1) is 7.11 Å². The molecule has 7 heteroatoms. The first-order valence-corrected chi connectivity index (χ1v) is 10.9. The monoisotopic (exact) mass is 403 g/mol. The maximum atomic E-state index is 12.9. The fourth-order valence-corrected chi connectivity index (χ4v) is 4.58. The third-order valence-electron chi connectivity index (χ3n) is 5.28. The topological polar surface area (TPSA) is 61.9 Å². The van der Waals surface area contributed by atoms with E-state index in [1.807, 2.05) is 38.1 Å². The molecule has 1 aliphatic heterocycles. The van der Waals surface area contributed by atoms with Crippen LogP contribution in [0.15, 0.2) is 41.3 Å². The van der Waals surface area contributed by atoms with Crippen LogP contribution < -0.4 is 9.46 Å². The van der Waals surface area contributed by atoms with E-state index < -0.39 is 10.0 Å². The summed E-state index contributed by atoms with van der Waals surface area (Å²) in [7, 11) is -0.108. The zero-order valence-corrected chi connectivity index (χ0v) is 17.8. The van der Waals surface area contributed by atoms with E-state index in [1.165, 1.54) is 12.7 Å².